The lowest BCUT2D eigenvalue weighted by molar-refractivity contribution is -0.137. The van der Waals surface area contributed by atoms with Crippen molar-refractivity contribution in [2.24, 2.45) is 0 Å². The van der Waals surface area contributed by atoms with Gasteiger partial charge in [-0.3, -0.25) is 0 Å². The number of aromatic nitrogens is 3. The van der Waals surface area contributed by atoms with Crippen LogP contribution < -0.4 is 10.2 Å². The summed E-state index contributed by atoms with van der Waals surface area (Å²) < 4.78 is 37.7. The van der Waals surface area contributed by atoms with Crippen LogP contribution in [-0.2, 0) is 6.18 Å². The molecule has 0 unspecified atom stereocenters. The molecular weight excluding hydrogens is 319 g/mol. The van der Waals surface area contributed by atoms with Crippen molar-refractivity contribution < 1.29 is 13.2 Å². The molecular formula is C16H20F3N5. The van der Waals surface area contributed by atoms with Crippen molar-refractivity contribution in [1.29, 1.82) is 0 Å². The van der Waals surface area contributed by atoms with Crippen LogP contribution in [0.2, 0.25) is 0 Å². The largest absolute Gasteiger partial charge is 0.416 e. The Morgan fingerprint density at radius 2 is 1.67 bits per heavy atom. The fraction of sp³-hybridized carbons (Fsp3) is 0.438. The summed E-state index contributed by atoms with van der Waals surface area (Å²) in [6.45, 7) is 5.87. The number of anilines is 3. The van der Waals surface area contributed by atoms with Crippen LogP contribution in [0.1, 0.15) is 32.3 Å². The van der Waals surface area contributed by atoms with Crippen molar-refractivity contribution in [2.45, 2.75) is 32.9 Å². The Bertz CT molecular complexity index is 637. The first kappa shape index (κ1) is 18.0. The minimum absolute atomic E-state index is 0.254. The summed E-state index contributed by atoms with van der Waals surface area (Å²) in [4.78, 5) is 6.50. The van der Waals surface area contributed by atoms with Crippen LogP contribution in [-0.4, -0.2) is 28.3 Å². The smallest absolute Gasteiger partial charge is 0.355 e. The SMILES string of the molecule is CCCN(CCC)c1cnnc(Nc2ccc(C(F)(F)F)cc2)n1. The van der Waals surface area contributed by atoms with E-state index in [4.69, 9.17) is 0 Å². The predicted molar refractivity (Wildman–Crippen MR) is 87.3 cm³/mol. The van der Waals surface area contributed by atoms with E-state index in [2.05, 4.69) is 39.2 Å². The highest BCUT2D eigenvalue weighted by Gasteiger charge is 2.29. The molecule has 2 aromatic rings. The zero-order valence-electron chi connectivity index (χ0n) is 13.6. The van der Waals surface area contributed by atoms with Crippen molar-refractivity contribution in [2.75, 3.05) is 23.3 Å². The topological polar surface area (TPSA) is 53.9 Å². The predicted octanol–water partition coefficient (Wildman–Crippen LogP) is 4.26. The van der Waals surface area contributed by atoms with Crippen LogP contribution in [0.15, 0.2) is 30.5 Å². The number of halogens is 3. The molecule has 8 heteroatoms. The molecule has 0 aliphatic heterocycles. The molecule has 1 N–H and O–H groups in total. The maximum Gasteiger partial charge on any atom is 0.416 e. The maximum absolute atomic E-state index is 12.6. The highest BCUT2D eigenvalue weighted by Crippen LogP contribution is 2.30. The molecule has 0 aliphatic rings. The van der Waals surface area contributed by atoms with Crippen molar-refractivity contribution in [3.63, 3.8) is 0 Å². The molecule has 0 spiro atoms. The number of hydrogen-bond acceptors (Lipinski definition) is 5. The lowest BCUT2D eigenvalue weighted by atomic mass is 10.2. The van der Waals surface area contributed by atoms with E-state index in [0.29, 0.717) is 11.5 Å². The number of benzene rings is 1. The van der Waals surface area contributed by atoms with Gasteiger partial charge in [-0.2, -0.15) is 23.3 Å². The summed E-state index contributed by atoms with van der Waals surface area (Å²) in [7, 11) is 0. The van der Waals surface area contributed by atoms with E-state index in [1.54, 1.807) is 6.20 Å². The minimum Gasteiger partial charge on any atom is -0.355 e. The van der Waals surface area contributed by atoms with Crippen molar-refractivity contribution in [3.8, 4) is 0 Å². The normalized spacial score (nSPS) is 11.4. The standard InChI is InChI=1S/C16H20F3N5/c1-3-9-24(10-4-2)14-11-20-23-15(22-14)21-13-7-5-12(6-8-13)16(17,18)19/h5-8,11H,3-4,9-10H2,1-2H3,(H,21,22,23). The van der Waals surface area contributed by atoms with Crippen LogP contribution in [0.4, 0.5) is 30.6 Å². The Kier molecular flexibility index (Phi) is 5.94. The fourth-order valence-corrected chi connectivity index (χ4v) is 2.25. The van der Waals surface area contributed by atoms with E-state index >= 15 is 0 Å². The molecule has 0 saturated carbocycles. The van der Waals surface area contributed by atoms with E-state index < -0.39 is 11.7 Å². The molecule has 0 atom stereocenters. The zero-order valence-corrected chi connectivity index (χ0v) is 13.6. The second-order valence-corrected chi connectivity index (χ2v) is 5.33. The number of nitrogens with one attached hydrogen (secondary N) is 1. The number of hydrogen-bond donors (Lipinski definition) is 1. The van der Waals surface area contributed by atoms with Crippen LogP contribution in [0.25, 0.3) is 0 Å². The van der Waals surface area contributed by atoms with Crippen LogP contribution in [0.3, 0.4) is 0 Å². The van der Waals surface area contributed by atoms with Gasteiger partial charge in [0.1, 0.15) is 0 Å². The first-order chi connectivity index (χ1) is 11.4. The summed E-state index contributed by atoms with van der Waals surface area (Å²) in [5, 5.41) is 10.7. The molecule has 1 aromatic heterocycles. The molecule has 0 radical (unpaired) electrons. The number of rotatable bonds is 7. The maximum atomic E-state index is 12.6. The van der Waals surface area contributed by atoms with E-state index in [9.17, 15) is 13.2 Å². The Balaban J connectivity index is 2.14. The summed E-state index contributed by atoms with van der Waals surface area (Å²) in [5.74, 6) is 0.951. The van der Waals surface area contributed by atoms with E-state index in [-0.39, 0.29) is 5.95 Å². The monoisotopic (exact) mass is 339 g/mol. The highest BCUT2D eigenvalue weighted by molar-refractivity contribution is 5.55. The zero-order chi connectivity index (χ0) is 17.6. The summed E-state index contributed by atoms with van der Waals surface area (Å²) >= 11 is 0. The Labute approximate surface area is 138 Å². The molecule has 130 valence electrons. The van der Waals surface area contributed by atoms with Gasteiger partial charge in [0.15, 0.2) is 5.82 Å². The molecule has 0 bridgehead atoms. The van der Waals surface area contributed by atoms with Gasteiger partial charge in [0.25, 0.3) is 0 Å². The van der Waals surface area contributed by atoms with Crippen molar-refractivity contribution >= 4 is 17.5 Å². The minimum atomic E-state index is -4.35. The van der Waals surface area contributed by atoms with Gasteiger partial charge < -0.3 is 10.2 Å². The average molecular weight is 339 g/mol. The summed E-state index contributed by atoms with van der Waals surface area (Å²) in [6.07, 6.45) is -0.808. The third-order valence-electron chi connectivity index (χ3n) is 3.33. The molecule has 5 nitrogen and oxygen atoms in total. The van der Waals surface area contributed by atoms with Crippen LogP contribution in [0, 0.1) is 0 Å². The molecule has 1 aromatic carbocycles. The molecule has 0 saturated heterocycles. The van der Waals surface area contributed by atoms with E-state index in [1.165, 1.54) is 12.1 Å². The molecule has 24 heavy (non-hydrogen) atoms. The van der Waals surface area contributed by atoms with Crippen molar-refractivity contribution in [1.82, 2.24) is 15.2 Å². The Morgan fingerprint density at radius 3 is 2.21 bits per heavy atom. The Morgan fingerprint density at radius 1 is 1.04 bits per heavy atom. The van der Waals surface area contributed by atoms with E-state index in [0.717, 1.165) is 38.1 Å². The van der Waals surface area contributed by atoms with E-state index in [1.807, 2.05) is 0 Å². The van der Waals surface area contributed by atoms with Gasteiger partial charge in [0.2, 0.25) is 5.95 Å². The number of nitrogens with zero attached hydrogens (tertiary/aromatic N) is 4. The van der Waals surface area contributed by atoms with Crippen LogP contribution in [0.5, 0.6) is 0 Å². The van der Waals surface area contributed by atoms with Gasteiger partial charge in [0.05, 0.1) is 11.8 Å². The van der Waals surface area contributed by atoms with Gasteiger partial charge in [-0.25, -0.2) is 0 Å². The van der Waals surface area contributed by atoms with Gasteiger partial charge in [-0.1, -0.05) is 13.8 Å². The third-order valence-corrected chi connectivity index (χ3v) is 3.33. The summed E-state index contributed by atoms with van der Waals surface area (Å²) in [6, 6.07) is 4.71. The van der Waals surface area contributed by atoms with Gasteiger partial charge in [-0.15, -0.1) is 5.10 Å². The molecule has 0 amide bonds. The lowest BCUT2D eigenvalue weighted by Gasteiger charge is -2.22. The fourth-order valence-electron chi connectivity index (χ4n) is 2.25. The molecule has 2 rings (SSSR count). The van der Waals surface area contributed by atoms with Crippen molar-refractivity contribution in [3.05, 3.63) is 36.0 Å². The molecule has 0 fully saturated rings. The summed E-state index contributed by atoms with van der Waals surface area (Å²) in [5.41, 5.74) is -0.225. The first-order valence-corrected chi connectivity index (χ1v) is 7.83. The molecule has 1 heterocycles. The van der Waals surface area contributed by atoms with Gasteiger partial charge in [-0.05, 0) is 37.1 Å². The number of alkyl halides is 3. The lowest BCUT2D eigenvalue weighted by Crippen LogP contribution is -2.26. The first-order valence-electron chi connectivity index (χ1n) is 7.83. The second kappa shape index (κ2) is 7.94. The van der Waals surface area contributed by atoms with Gasteiger partial charge in [0, 0.05) is 18.8 Å². The molecule has 0 aliphatic carbocycles. The average Bonchev–Trinajstić information content (AvgIpc) is 2.54. The second-order valence-electron chi connectivity index (χ2n) is 5.33. The quantitative estimate of drug-likeness (QED) is 0.817. The van der Waals surface area contributed by atoms with Gasteiger partial charge >= 0.3 is 6.18 Å². The Hall–Kier alpha value is -2.38. The highest BCUT2D eigenvalue weighted by atomic mass is 19.4. The van der Waals surface area contributed by atoms with Crippen LogP contribution >= 0.6 is 0 Å². The third kappa shape index (κ3) is 4.81.